The van der Waals surface area contributed by atoms with Gasteiger partial charge in [-0.05, 0) is 36.5 Å². The fourth-order valence-electron chi connectivity index (χ4n) is 2.22. The first kappa shape index (κ1) is 11.5. The first-order valence-electron chi connectivity index (χ1n) is 5.92. The second-order valence-corrected chi connectivity index (χ2v) is 5.58. The van der Waals surface area contributed by atoms with Gasteiger partial charge in [-0.2, -0.15) is 16.9 Å². The van der Waals surface area contributed by atoms with E-state index in [1.807, 2.05) is 11.8 Å². The van der Waals surface area contributed by atoms with E-state index in [-0.39, 0.29) is 5.56 Å². The molecule has 0 aromatic carbocycles. The molecule has 0 atom stereocenters. The standard InChI is InChI=1S/C12H13N3O2S/c16-12(17)9-2-1-5-15-11(9)13-10(14-15)8-3-6-18-7-4-8/h1-2,5,8H,3-4,6-7H2,(H,16,17). The molecule has 1 N–H and O–H groups in total. The van der Waals surface area contributed by atoms with E-state index >= 15 is 0 Å². The summed E-state index contributed by atoms with van der Waals surface area (Å²) in [4.78, 5) is 15.5. The van der Waals surface area contributed by atoms with Crippen LogP contribution in [0.2, 0.25) is 0 Å². The van der Waals surface area contributed by atoms with Crippen molar-refractivity contribution in [2.45, 2.75) is 18.8 Å². The molecule has 0 amide bonds. The number of aromatic nitrogens is 3. The van der Waals surface area contributed by atoms with Crippen LogP contribution in [0.25, 0.3) is 5.65 Å². The van der Waals surface area contributed by atoms with Crippen LogP contribution in [0.4, 0.5) is 0 Å². The average molecular weight is 263 g/mol. The van der Waals surface area contributed by atoms with Crippen molar-refractivity contribution in [2.24, 2.45) is 0 Å². The second kappa shape index (κ2) is 4.61. The van der Waals surface area contributed by atoms with Crippen LogP contribution in [0.1, 0.15) is 34.9 Å². The van der Waals surface area contributed by atoms with Gasteiger partial charge in [0, 0.05) is 12.1 Å². The first-order chi connectivity index (χ1) is 8.75. The highest BCUT2D eigenvalue weighted by molar-refractivity contribution is 7.99. The highest BCUT2D eigenvalue weighted by atomic mass is 32.2. The van der Waals surface area contributed by atoms with Gasteiger partial charge in [-0.25, -0.2) is 14.3 Å². The molecule has 0 unspecified atom stereocenters. The maximum absolute atomic E-state index is 11.1. The summed E-state index contributed by atoms with van der Waals surface area (Å²) in [6.45, 7) is 0. The zero-order chi connectivity index (χ0) is 12.5. The number of carboxylic acids is 1. The van der Waals surface area contributed by atoms with Crippen LogP contribution in [0.3, 0.4) is 0 Å². The molecule has 1 aliphatic heterocycles. The summed E-state index contributed by atoms with van der Waals surface area (Å²) in [6, 6.07) is 3.25. The van der Waals surface area contributed by atoms with E-state index in [1.54, 1.807) is 22.8 Å². The molecule has 2 aromatic heterocycles. The zero-order valence-corrected chi connectivity index (χ0v) is 10.6. The molecular formula is C12H13N3O2S. The number of rotatable bonds is 2. The summed E-state index contributed by atoms with van der Waals surface area (Å²) < 4.78 is 1.57. The van der Waals surface area contributed by atoms with Crippen LogP contribution >= 0.6 is 11.8 Å². The number of hydrogen-bond acceptors (Lipinski definition) is 4. The SMILES string of the molecule is O=C(O)c1cccn2nc(C3CCSCC3)nc12. The fraction of sp³-hybridized carbons (Fsp3) is 0.417. The van der Waals surface area contributed by atoms with Crippen LogP contribution in [0, 0.1) is 0 Å². The maximum atomic E-state index is 11.1. The van der Waals surface area contributed by atoms with E-state index < -0.39 is 5.97 Å². The third kappa shape index (κ3) is 1.96. The molecule has 3 rings (SSSR count). The Labute approximate surface area is 108 Å². The molecule has 0 aliphatic carbocycles. The Hall–Kier alpha value is -1.56. The van der Waals surface area contributed by atoms with Crippen LogP contribution in [0.5, 0.6) is 0 Å². The van der Waals surface area contributed by atoms with Gasteiger partial charge in [0.05, 0.1) is 0 Å². The molecule has 5 nitrogen and oxygen atoms in total. The Morgan fingerprint density at radius 3 is 2.94 bits per heavy atom. The number of hydrogen-bond donors (Lipinski definition) is 1. The van der Waals surface area contributed by atoms with Gasteiger partial charge < -0.3 is 5.11 Å². The van der Waals surface area contributed by atoms with Crippen molar-refractivity contribution < 1.29 is 9.90 Å². The smallest absolute Gasteiger partial charge is 0.339 e. The molecule has 18 heavy (non-hydrogen) atoms. The summed E-state index contributed by atoms with van der Waals surface area (Å²) in [6.07, 6.45) is 3.89. The minimum absolute atomic E-state index is 0.210. The topological polar surface area (TPSA) is 67.5 Å². The van der Waals surface area contributed by atoms with Gasteiger partial charge in [-0.1, -0.05) is 0 Å². The van der Waals surface area contributed by atoms with E-state index in [9.17, 15) is 4.79 Å². The highest BCUT2D eigenvalue weighted by Crippen LogP contribution is 2.30. The number of carbonyl (C=O) groups is 1. The lowest BCUT2D eigenvalue weighted by molar-refractivity contribution is 0.0698. The average Bonchev–Trinajstić information content (AvgIpc) is 2.83. The third-order valence-electron chi connectivity index (χ3n) is 3.20. The van der Waals surface area contributed by atoms with E-state index in [0.717, 1.165) is 30.2 Å². The van der Waals surface area contributed by atoms with Gasteiger partial charge in [0.15, 0.2) is 11.5 Å². The highest BCUT2D eigenvalue weighted by Gasteiger charge is 2.21. The first-order valence-corrected chi connectivity index (χ1v) is 7.07. The van der Waals surface area contributed by atoms with E-state index in [4.69, 9.17) is 5.11 Å². The molecule has 0 saturated carbocycles. The van der Waals surface area contributed by atoms with Gasteiger partial charge in [0.25, 0.3) is 0 Å². The van der Waals surface area contributed by atoms with E-state index in [0.29, 0.717) is 11.6 Å². The van der Waals surface area contributed by atoms with Gasteiger partial charge in [-0.15, -0.1) is 0 Å². The number of fused-ring (bicyclic) bond motifs is 1. The molecule has 0 bridgehead atoms. The molecule has 2 aromatic rings. The molecule has 0 spiro atoms. The Morgan fingerprint density at radius 2 is 2.22 bits per heavy atom. The minimum atomic E-state index is -0.959. The number of thioether (sulfide) groups is 1. The van der Waals surface area contributed by atoms with Crippen molar-refractivity contribution >= 4 is 23.4 Å². The van der Waals surface area contributed by atoms with Gasteiger partial charge in [0.1, 0.15) is 5.56 Å². The fourth-order valence-corrected chi connectivity index (χ4v) is 3.32. The lowest BCUT2D eigenvalue weighted by atomic mass is 10.0. The molecule has 94 valence electrons. The number of nitrogens with zero attached hydrogens (tertiary/aromatic N) is 3. The summed E-state index contributed by atoms with van der Waals surface area (Å²) in [5.41, 5.74) is 0.652. The number of aromatic carboxylic acids is 1. The van der Waals surface area contributed by atoms with Crippen molar-refractivity contribution in [3.05, 3.63) is 29.7 Å². The van der Waals surface area contributed by atoms with Crippen molar-refractivity contribution in [3.8, 4) is 0 Å². The molecule has 0 radical (unpaired) electrons. The van der Waals surface area contributed by atoms with Crippen LogP contribution in [-0.4, -0.2) is 37.2 Å². The monoisotopic (exact) mass is 263 g/mol. The minimum Gasteiger partial charge on any atom is -0.478 e. The molecule has 1 fully saturated rings. The summed E-state index contributed by atoms with van der Waals surface area (Å²) in [5.74, 6) is 2.45. The van der Waals surface area contributed by atoms with Crippen molar-refractivity contribution in [1.82, 2.24) is 14.6 Å². The zero-order valence-electron chi connectivity index (χ0n) is 9.74. The van der Waals surface area contributed by atoms with E-state index in [1.165, 1.54) is 0 Å². The van der Waals surface area contributed by atoms with Crippen LogP contribution in [0.15, 0.2) is 18.3 Å². The van der Waals surface area contributed by atoms with Gasteiger partial charge in [0.2, 0.25) is 0 Å². The van der Waals surface area contributed by atoms with Crippen molar-refractivity contribution in [2.75, 3.05) is 11.5 Å². The summed E-state index contributed by atoms with van der Waals surface area (Å²) in [5, 5.41) is 13.5. The van der Waals surface area contributed by atoms with E-state index in [2.05, 4.69) is 10.1 Å². The van der Waals surface area contributed by atoms with Crippen molar-refractivity contribution in [3.63, 3.8) is 0 Å². The van der Waals surface area contributed by atoms with Gasteiger partial charge >= 0.3 is 5.97 Å². The Bertz CT molecular complexity index is 590. The Balaban J connectivity index is 2.04. The normalized spacial score (nSPS) is 17.1. The number of pyridine rings is 1. The number of carboxylic acid groups (broad SMARTS) is 1. The summed E-state index contributed by atoms with van der Waals surface area (Å²) >= 11 is 1.95. The lowest BCUT2D eigenvalue weighted by Crippen LogP contribution is -2.09. The quantitative estimate of drug-likeness (QED) is 0.898. The molecule has 1 saturated heterocycles. The maximum Gasteiger partial charge on any atom is 0.339 e. The molecule has 3 heterocycles. The molecule has 6 heteroatoms. The predicted octanol–water partition coefficient (Wildman–Crippen LogP) is 2.04. The molecule has 1 aliphatic rings. The second-order valence-electron chi connectivity index (χ2n) is 4.35. The Kier molecular flexibility index (Phi) is 2.95. The van der Waals surface area contributed by atoms with Crippen LogP contribution in [-0.2, 0) is 0 Å². The molecular weight excluding hydrogens is 250 g/mol. The lowest BCUT2D eigenvalue weighted by Gasteiger charge is -2.17. The van der Waals surface area contributed by atoms with Gasteiger partial charge in [-0.3, -0.25) is 0 Å². The van der Waals surface area contributed by atoms with Crippen molar-refractivity contribution in [1.29, 1.82) is 0 Å². The predicted molar refractivity (Wildman–Crippen MR) is 69.2 cm³/mol. The largest absolute Gasteiger partial charge is 0.478 e. The third-order valence-corrected chi connectivity index (χ3v) is 4.24. The van der Waals surface area contributed by atoms with Crippen LogP contribution < -0.4 is 0 Å². The Morgan fingerprint density at radius 1 is 1.44 bits per heavy atom. The summed E-state index contributed by atoms with van der Waals surface area (Å²) in [7, 11) is 0.